The van der Waals surface area contributed by atoms with E-state index in [1.54, 1.807) is 0 Å². The monoisotopic (exact) mass is 311 g/mol. The van der Waals surface area contributed by atoms with E-state index in [1.807, 2.05) is 0 Å². The zero-order valence-corrected chi connectivity index (χ0v) is 12.9. The van der Waals surface area contributed by atoms with Gasteiger partial charge in [0.2, 0.25) is 0 Å². The topological polar surface area (TPSA) is 94.7 Å². The second kappa shape index (κ2) is 5.78. The molecular weight excluding hydrogens is 290 g/mol. The molecule has 2 heterocycles. The summed E-state index contributed by atoms with van der Waals surface area (Å²) in [6, 6.07) is 0.0566. The number of likely N-dealkylation sites (N-methyl/N-ethyl adjacent to an activating group) is 1. The Labute approximate surface area is 127 Å². The van der Waals surface area contributed by atoms with Gasteiger partial charge in [-0.25, -0.2) is 4.98 Å². The van der Waals surface area contributed by atoms with Crippen LogP contribution in [0.2, 0.25) is 0 Å². The molecule has 1 aromatic heterocycles. The standard InChI is InChI=1S/C13H21N5O2S/c1-17-2-4-18(5-3-17)13-16-11(14)10(21-13)12(20)15-8-6-9(19)7-8/h8-9,19H,2-7,14H2,1H3,(H,15,20). The highest BCUT2D eigenvalue weighted by Gasteiger charge is 2.30. The van der Waals surface area contributed by atoms with Crippen LogP contribution in [-0.2, 0) is 0 Å². The van der Waals surface area contributed by atoms with Crippen LogP contribution >= 0.6 is 11.3 Å². The molecule has 1 aliphatic carbocycles. The fourth-order valence-corrected chi connectivity index (χ4v) is 3.51. The molecule has 3 rings (SSSR count). The van der Waals surface area contributed by atoms with Crippen molar-refractivity contribution in [2.24, 2.45) is 0 Å². The number of thiazole rings is 1. The highest BCUT2D eigenvalue weighted by atomic mass is 32.1. The first-order valence-electron chi connectivity index (χ1n) is 7.21. The molecule has 21 heavy (non-hydrogen) atoms. The van der Waals surface area contributed by atoms with E-state index in [2.05, 4.69) is 27.1 Å². The summed E-state index contributed by atoms with van der Waals surface area (Å²) >= 11 is 1.35. The van der Waals surface area contributed by atoms with E-state index in [4.69, 9.17) is 5.73 Å². The Morgan fingerprint density at radius 3 is 2.67 bits per heavy atom. The van der Waals surface area contributed by atoms with Crippen molar-refractivity contribution in [2.45, 2.75) is 25.0 Å². The number of hydrogen-bond acceptors (Lipinski definition) is 7. The lowest BCUT2D eigenvalue weighted by Crippen LogP contribution is -2.46. The van der Waals surface area contributed by atoms with Gasteiger partial charge in [0.05, 0.1) is 6.10 Å². The zero-order chi connectivity index (χ0) is 15.0. The molecule has 7 nitrogen and oxygen atoms in total. The van der Waals surface area contributed by atoms with E-state index in [0.29, 0.717) is 23.5 Å². The summed E-state index contributed by atoms with van der Waals surface area (Å²) in [7, 11) is 2.10. The molecule has 0 aromatic carbocycles. The van der Waals surface area contributed by atoms with Gasteiger partial charge in [-0.2, -0.15) is 0 Å². The summed E-state index contributed by atoms with van der Waals surface area (Å²) in [5.74, 6) is 0.119. The van der Waals surface area contributed by atoms with Crippen molar-refractivity contribution in [1.29, 1.82) is 0 Å². The summed E-state index contributed by atoms with van der Waals surface area (Å²) in [6.07, 6.45) is 0.959. The highest BCUT2D eigenvalue weighted by Crippen LogP contribution is 2.29. The zero-order valence-electron chi connectivity index (χ0n) is 12.1. The quantitative estimate of drug-likeness (QED) is 0.711. The number of nitrogens with zero attached hydrogens (tertiary/aromatic N) is 3. The normalized spacial score (nSPS) is 26.5. The minimum atomic E-state index is -0.282. The van der Waals surface area contributed by atoms with Crippen molar-refractivity contribution in [1.82, 2.24) is 15.2 Å². The van der Waals surface area contributed by atoms with Gasteiger partial charge in [-0.1, -0.05) is 11.3 Å². The number of amides is 1. The van der Waals surface area contributed by atoms with E-state index in [1.165, 1.54) is 11.3 Å². The van der Waals surface area contributed by atoms with Crippen molar-refractivity contribution in [2.75, 3.05) is 43.9 Å². The fourth-order valence-electron chi connectivity index (χ4n) is 2.57. The van der Waals surface area contributed by atoms with Gasteiger partial charge in [-0.3, -0.25) is 4.79 Å². The van der Waals surface area contributed by atoms with Crippen LogP contribution in [0.3, 0.4) is 0 Å². The van der Waals surface area contributed by atoms with Gasteiger partial charge in [-0.05, 0) is 19.9 Å². The van der Waals surface area contributed by atoms with E-state index in [0.717, 1.165) is 31.3 Å². The second-order valence-electron chi connectivity index (χ2n) is 5.80. The van der Waals surface area contributed by atoms with Gasteiger partial charge in [0, 0.05) is 32.2 Å². The molecule has 0 spiro atoms. The molecule has 4 N–H and O–H groups in total. The third kappa shape index (κ3) is 3.12. The average molecular weight is 311 g/mol. The van der Waals surface area contributed by atoms with Crippen molar-refractivity contribution in [3.8, 4) is 0 Å². The van der Waals surface area contributed by atoms with E-state index >= 15 is 0 Å². The third-order valence-corrected chi connectivity index (χ3v) is 5.20. The van der Waals surface area contributed by atoms with Gasteiger partial charge in [0.25, 0.3) is 5.91 Å². The second-order valence-corrected chi connectivity index (χ2v) is 6.77. The highest BCUT2D eigenvalue weighted by molar-refractivity contribution is 7.18. The number of nitrogen functional groups attached to an aromatic ring is 1. The first kappa shape index (κ1) is 14.6. The summed E-state index contributed by atoms with van der Waals surface area (Å²) in [5, 5.41) is 13.0. The number of aliphatic hydroxyl groups is 1. The van der Waals surface area contributed by atoms with Crippen LogP contribution in [0.1, 0.15) is 22.5 Å². The first-order chi connectivity index (χ1) is 10.0. The molecule has 1 saturated heterocycles. The van der Waals surface area contributed by atoms with E-state index < -0.39 is 0 Å². The molecule has 1 aliphatic heterocycles. The molecular formula is C13H21N5O2S. The molecule has 0 bridgehead atoms. The molecule has 2 aliphatic rings. The molecule has 1 saturated carbocycles. The van der Waals surface area contributed by atoms with E-state index in [-0.39, 0.29) is 18.1 Å². The number of aliphatic hydroxyl groups excluding tert-OH is 1. The van der Waals surface area contributed by atoms with Gasteiger partial charge in [-0.15, -0.1) is 0 Å². The van der Waals surface area contributed by atoms with Gasteiger partial charge in [0.1, 0.15) is 10.7 Å². The third-order valence-electron chi connectivity index (χ3n) is 4.07. The van der Waals surface area contributed by atoms with Crippen LogP contribution < -0.4 is 16.0 Å². The summed E-state index contributed by atoms with van der Waals surface area (Å²) in [4.78, 5) is 21.4. The number of carbonyl (C=O) groups is 1. The number of anilines is 2. The molecule has 8 heteroatoms. The van der Waals surface area contributed by atoms with Gasteiger partial charge in [0.15, 0.2) is 5.13 Å². The summed E-state index contributed by atoms with van der Waals surface area (Å²) < 4.78 is 0. The number of piperazine rings is 1. The largest absolute Gasteiger partial charge is 0.393 e. The lowest BCUT2D eigenvalue weighted by Gasteiger charge is -2.32. The van der Waals surface area contributed by atoms with E-state index in [9.17, 15) is 9.90 Å². The number of carbonyl (C=O) groups excluding carboxylic acids is 1. The maximum atomic E-state index is 12.2. The number of nitrogens with two attached hydrogens (primary N) is 1. The Bertz CT molecular complexity index is 521. The van der Waals surface area contributed by atoms with Crippen LogP contribution in [0.4, 0.5) is 10.9 Å². The Hall–Kier alpha value is -1.38. The molecule has 1 aromatic rings. The number of hydrogen-bond donors (Lipinski definition) is 3. The predicted molar refractivity (Wildman–Crippen MR) is 82.7 cm³/mol. The minimum absolute atomic E-state index is 0.0566. The van der Waals surface area contributed by atoms with Crippen molar-refractivity contribution >= 4 is 28.2 Å². The van der Waals surface area contributed by atoms with Gasteiger partial charge >= 0.3 is 0 Å². The molecule has 116 valence electrons. The Morgan fingerprint density at radius 1 is 1.38 bits per heavy atom. The van der Waals surface area contributed by atoms with Crippen LogP contribution in [0.15, 0.2) is 0 Å². The summed E-state index contributed by atoms with van der Waals surface area (Å²) in [6.45, 7) is 3.78. The van der Waals surface area contributed by atoms with Crippen LogP contribution in [0.25, 0.3) is 0 Å². The molecule has 2 fully saturated rings. The Balaban J connectivity index is 1.65. The molecule has 1 amide bonds. The van der Waals surface area contributed by atoms with Crippen LogP contribution in [-0.4, -0.2) is 66.3 Å². The maximum Gasteiger partial charge on any atom is 0.265 e. The van der Waals surface area contributed by atoms with Crippen LogP contribution in [0, 0.1) is 0 Å². The predicted octanol–water partition coefficient (Wildman–Crippen LogP) is -0.270. The molecule has 0 unspecified atom stereocenters. The molecule has 0 radical (unpaired) electrons. The number of nitrogens with one attached hydrogen (secondary N) is 1. The Morgan fingerprint density at radius 2 is 2.05 bits per heavy atom. The SMILES string of the molecule is CN1CCN(c2nc(N)c(C(=O)NC3CC(O)C3)s2)CC1. The lowest BCUT2D eigenvalue weighted by atomic mass is 9.89. The van der Waals surface area contributed by atoms with Crippen molar-refractivity contribution < 1.29 is 9.90 Å². The fraction of sp³-hybridized carbons (Fsp3) is 0.692. The van der Waals surface area contributed by atoms with Crippen molar-refractivity contribution in [3.05, 3.63) is 4.88 Å². The average Bonchev–Trinajstić information content (AvgIpc) is 2.80. The molecule has 0 atom stereocenters. The van der Waals surface area contributed by atoms with Crippen molar-refractivity contribution in [3.63, 3.8) is 0 Å². The van der Waals surface area contributed by atoms with Gasteiger partial charge < -0.3 is 26.0 Å². The Kier molecular flexibility index (Phi) is 4.01. The minimum Gasteiger partial charge on any atom is -0.393 e. The number of aromatic nitrogens is 1. The maximum absolute atomic E-state index is 12.2. The first-order valence-corrected chi connectivity index (χ1v) is 8.03. The smallest absolute Gasteiger partial charge is 0.265 e. The summed E-state index contributed by atoms with van der Waals surface area (Å²) in [5.41, 5.74) is 5.89. The number of rotatable bonds is 3. The lowest BCUT2D eigenvalue weighted by molar-refractivity contribution is 0.0565. The van der Waals surface area contributed by atoms with Crippen LogP contribution in [0.5, 0.6) is 0 Å².